The summed E-state index contributed by atoms with van der Waals surface area (Å²) in [4.78, 5) is 22.8. The molecule has 2 amide bonds. The van der Waals surface area contributed by atoms with Gasteiger partial charge in [-0.2, -0.15) is 0 Å². The zero-order chi connectivity index (χ0) is 15.0. The molecule has 20 heavy (non-hydrogen) atoms. The first-order valence-corrected chi connectivity index (χ1v) is 6.90. The Bertz CT molecular complexity index is 481. The summed E-state index contributed by atoms with van der Waals surface area (Å²) in [6, 6.07) is 4.89. The van der Waals surface area contributed by atoms with Crippen molar-refractivity contribution >= 4 is 35.0 Å². The Morgan fingerprint density at radius 2 is 1.95 bits per heavy atom. The quantitative estimate of drug-likeness (QED) is 0.808. The van der Waals surface area contributed by atoms with Gasteiger partial charge < -0.3 is 15.4 Å². The maximum Gasteiger partial charge on any atom is 0.258 e. The number of carbonyl (C=O) groups excluding carboxylic acids is 2. The van der Waals surface area contributed by atoms with Crippen LogP contribution in [0.4, 0.5) is 0 Å². The number of nitrogens with one attached hydrogen (secondary N) is 2. The van der Waals surface area contributed by atoms with Gasteiger partial charge in [-0.25, -0.2) is 0 Å². The maximum absolute atomic E-state index is 11.5. The van der Waals surface area contributed by atoms with E-state index in [1.54, 1.807) is 18.2 Å². The van der Waals surface area contributed by atoms with Crippen molar-refractivity contribution < 1.29 is 14.3 Å². The lowest BCUT2D eigenvalue weighted by Gasteiger charge is -2.09. The van der Waals surface area contributed by atoms with E-state index in [0.717, 1.165) is 6.42 Å². The first-order chi connectivity index (χ1) is 9.54. The Morgan fingerprint density at radius 1 is 1.20 bits per heavy atom. The van der Waals surface area contributed by atoms with Crippen LogP contribution in [0.1, 0.15) is 13.3 Å². The minimum absolute atomic E-state index is 0.0779. The molecule has 7 heteroatoms. The molecule has 1 aromatic rings. The van der Waals surface area contributed by atoms with Gasteiger partial charge in [0.25, 0.3) is 5.91 Å². The number of benzene rings is 1. The monoisotopic (exact) mass is 318 g/mol. The molecular formula is C13H16Cl2N2O3. The van der Waals surface area contributed by atoms with Crippen LogP contribution in [-0.2, 0) is 9.59 Å². The third kappa shape index (κ3) is 5.67. The van der Waals surface area contributed by atoms with E-state index in [-0.39, 0.29) is 24.1 Å². The van der Waals surface area contributed by atoms with Crippen LogP contribution in [-0.4, -0.2) is 31.5 Å². The second kappa shape index (κ2) is 8.66. The lowest BCUT2D eigenvalue weighted by molar-refractivity contribution is -0.127. The van der Waals surface area contributed by atoms with Crippen molar-refractivity contribution in [2.45, 2.75) is 13.3 Å². The van der Waals surface area contributed by atoms with Gasteiger partial charge in [0.15, 0.2) is 6.61 Å². The van der Waals surface area contributed by atoms with Crippen molar-refractivity contribution in [3.8, 4) is 5.75 Å². The second-order valence-corrected chi connectivity index (χ2v) is 4.75. The van der Waals surface area contributed by atoms with Gasteiger partial charge in [0.1, 0.15) is 10.8 Å². The van der Waals surface area contributed by atoms with Gasteiger partial charge in [0.05, 0.1) is 11.6 Å². The fourth-order valence-electron chi connectivity index (χ4n) is 1.30. The Morgan fingerprint density at radius 3 is 2.65 bits per heavy atom. The fraction of sp³-hybridized carbons (Fsp3) is 0.385. The summed E-state index contributed by atoms with van der Waals surface area (Å²) >= 11 is 11.7. The molecule has 0 radical (unpaired) electrons. The molecule has 1 rings (SSSR count). The molecule has 0 spiro atoms. The highest BCUT2D eigenvalue weighted by molar-refractivity contribution is 6.42. The molecule has 0 heterocycles. The van der Waals surface area contributed by atoms with Crippen molar-refractivity contribution in [2.24, 2.45) is 0 Å². The molecular weight excluding hydrogens is 303 g/mol. The van der Waals surface area contributed by atoms with Crippen LogP contribution < -0.4 is 15.4 Å². The van der Waals surface area contributed by atoms with Gasteiger partial charge in [-0.1, -0.05) is 36.2 Å². The smallest absolute Gasteiger partial charge is 0.258 e. The van der Waals surface area contributed by atoms with E-state index in [2.05, 4.69) is 10.6 Å². The summed E-state index contributed by atoms with van der Waals surface area (Å²) in [5, 5.41) is 5.69. The molecule has 2 N–H and O–H groups in total. The van der Waals surface area contributed by atoms with Gasteiger partial charge in [0, 0.05) is 6.54 Å². The van der Waals surface area contributed by atoms with E-state index in [1.807, 2.05) is 6.92 Å². The Labute approximate surface area is 127 Å². The third-order valence-corrected chi connectivity index (χ3v) is 3.09. The zero-order valence-corrected chi connectivity index (χ0v) is 12.6. The average molecular weight is 319 g/mol. The van der Waals surface area contributed by atoms with Gasteiger partial charge >= 0.3 is 0 Å². The molecule has 0 saturated carbocycles. The molecule has 0 saturated heterocycles. The normalized spacial score (nSPS) is 9.95. The molecule has 0 bridgehead atoms. The molecule has 0 aliphatic heterocycles. The predicted octanol–water partition coefficient (Wildman–Crippen LogP) is 2.01. The number of ether oxygens (including phenoxy) is 1. The van der Waals surface area contributed by atoms with E-state index < -0.39 is 5.91 Å². The number of hydrogen-bond acceptors (Lipinski definition) is 3. The molecule has 0 unspecified atom stereocenters. The minimum Gasteiger partial charge on any atom is -0.482 e. The van der Waals surface area contributed by atoms with E-state index in [0.29, 0.717) is 17.3 Å². The van der Waals surface area contributed by atoms with Gasteiger partial charge in [-0.15, -0.1) is 0 Å². The maximum atomic E-state index is 11.5. The summed E-state index contributed by atoms with van der Waals surface area (Å²) in [5.74, 6) is -0.321. The minimum atomic E-state index is -0.410. The van der Waals surface area contributed by atoms with Gasteiger partial charge in [-0.05, 0) is 18.6 Å². The van der Waals surface area contributed by atoms with Crippen LogP contribution in [0.5, 0.6) is 5.75 Å². The molecule has 0 aliphatic carbocycles. The summed E-state index contributed by atoms with van der Waals surface area (Å²) < 4.78 is 5.23. The number of amides is 2. The van der Waals surface area contributed by atoms with Crippen LogP contribution in [0.25, 0.3) is 0 Å². The highest BCUT2D eigenvalue weighted by atomic mass is 35.5. The highest BCUT2D eigenvalue weighted by Gasteiger charge is 2.09. The summed E-state index contributed by atoms with van der Waals surface area (Å²) in [6.07, 6.45) is 0.843. The van der Waals surface area contributed by atoms with Crippen molar-refractivity contribution in [3.05, 3.63) is 28.2 Å². The molecule has 0 fully saturated rings. The van der Waals surface area contributed by atoms with Crippen molar-refractivity contribution in [1.82, 2.24) is 10.6 Å². The topological polar surface area (TPSA) is 67.4 Å². The molecule has 5 nitrogen and oxygen atoms in total. The number of rotatable bonds is 7. The lowest BCUT2D eigenvalue weighted by atomic mass is 10.3. The first kappa shape index (κ1) is 16.6. The number of halogens is 2. The summed E-state index contributed by atoms with van der Waals surface area (Å²) in [5.41, 5.74) is 0. The van der Waals surface area contributed by atoms with Crippen molar-refractivity contribution in [2.75, 3.05) is 19.7 Å². The molecule has 1 aromatic carbocycles. The molecule has 0 aromatic heterocycles. The highest BCUT2D eigenvalue weighted by Crippen LogP contribution is 2.31. The SMILES string of the molecule is CCCNC(=O)CNC(=O)COc1cccc(Cl)c1Cl. The second-order valence-electron chi connectivity index (χ2n) is 3.97. The molecule has 110 valence electrons. The van der Waals surface area contributed by atoms with E-state index in [1.165, 1.54) is 0 Å². The Kier molecular flexibility index (Phi) is 7.18. The largest absolute Gasteiger partial charge is 0.482 e. The Balaban J connectivity index is 2.33. The molecule has 0 atom stereocenters. The standard InChI is InChI=1S/C13H16Cl2N2O3/c1-2-6-16-11(18)7-17-12(19)8-20-10-5-3-4-9(14)13(10)15/h3-5H,2,6-8H2,1H3,(H,16,18)(H,17,19). The van der Waals surface area contributed by atoms with E-state index in [4.69, 9.17) is 27.9 Å². The fourth-order valence-corrected chi connectivity index (χ4v) is 1.64. The van der Waals surface area contributed by atoms with Crippen LogP contribution in [0.3, 0.4) is 0 Å². The van der Waals surface area contributed by atoms with Gasteiger partial charge in [0.2, 0.25) is 5.91 Å². The number of carbonyl (C=O) groups is 2. The van der Waals surface area contributed by atoms with E-state index >= 15 is 0 Å². The zero-order valence-electron chi connectivity index (χ0n) is 11.0. The number of hydrogen-bond donors (Lipinski definition) is 2. The van der Waals surface area contributed by atoms with Crippen molar-refractivity contribution in [1.29, 1.82) is 0 Å². The first-order valence-electron chi connectivity index (χ1n) is 6.14. The van der Waals surface area contributed by atoms with E-state index in [9.17, 15) is 9.59 Å². The summed E-state index contributed by atoms with van der Waals surface area (Å²) in [6.45, 7) is 2.22. The van der Waals surface area contributed by atoms with Crippen LogP contribution in [0, 0.1) is 0 Å². The third-order valence-electron chi connectivity index (χ3n) is 2.29. The predicted molar refractivity (Wildman–Crippen MR) is 78.3 cm³/mol. The average Bonchev–Trinajstić information content (AvgIpc) is 2.44. The van der Waals surface area contributed by atoms with Crippen LogP contribution >= 0.6 is 23.2 Å². The van der Waals surface area contributed by atoms with Crippen molar-refractivity contribution in [3.63, 3.8) is 0 Å². The Hall–Kier alpha value is -1.46. The molecule has 0 aliphatic rings. The van der Waals surface area contributed by atoms with Gasteiger partial charge in [-0.3, -0.25) is 9.59 Å². The lowest BCUT2D eigenvalue weighted by Crippen LogP contribution is -2.39. The summed E-state index contributed by atoms with van der Waals surface area (Å²) in [7, 11) is 0. The van der Waals surface area contributed by atoms with Crippen LogP contribution in [0.15, 0.2) is 18.2 Å². The van der Waals surface area contributed by atoms with Crippen LogP contribution in [0.2, 0.25) is 10.0 Å².